The van der Waals surface area contributed by atoms with E-state index in [2.05, 4.69) is 21.3 Å². The third kappa shape index (κ3) is 2.31. The number of nitrogens with two attached hydrogens (primary N) is 1. The van der Waals surface area contributed by atoms with Crippen LogP contribution in [-0.4, -0.2) is 21.0 Å². The molecule has 0 saturated heterocycles. The molecule has 1 aromatic heterocycles. The van der Waals surface area contributed by atoms with Crippen LogP contribution in [0.15, 0.2) is 59.3 Å². The fraction of sp³-hybridized carbons (Fsp3) is 0.222. The van der Waals surface area contributed by atoms with Crippen LogP contribution in [0.5, 0.6) is 0 Å². The zero-order chi connectivity index (χ0) is 17.4. The predicted molar refractivity (Wildman–Crippen MR) is 90.8 cm³/mol. The summed E-state index contributed by atoms with van der Waals surface area (Å²) >= 11 is 0. The second kappa shape index (κ2) is 5.91. The van der Waals surface area contributed by atoms with E-state index in [1.165, 1.54) is 6.33 Å². The van der Waals surface area contributed by atoms with Gasteiger partial charge in [-0.3, -0.25) is 9.69 Å². The number of hydrogen-bond acceptors (Lipinski definition) is 6. The number of hydrogen-bond donors (Lipinski definition) is 2. The van der Waals surface area contributed by atoms with Crippen molar-refractivity contribution in [3.05, 3.63) is 64.9 Å². The summed E-state index contributed by atoms with van der Waals surface area (Å²) in [5.41, 5.74) is 9.05. The third-order valence-electron chi connectivity index (χ3n) is 4.66. The molecule has 0 saturated carbocycles. The fourth-order valence-corrected chi connectivity index (χ4v) is 3.61. The van der Waals surface area contributed by atoms with E-state index >= 15 is 0 Å². The molecule has 4 rings (SSSR count). The van der Waals surface area contributed by atoms with Crippen molar-refractivity contribution >= 4 is 11.7 Å². The van der Waals surface area contributed by atoms with Gasteiger partial charge in [-0.1, -0.05) is 30.3 Å². The average Bonchev–Trinajstić information content (AvgIpc) is 3.16. The zero-order valence-corrected chi connectivity index (χ0v) is 13.4. The third-order valence-corrected chi connectivity index (χ3v) is 4.66. The first-order chi connectivity index (χ1) is 12.2. The summed E-state index contributed by atoms with van der Waals surface area (Å²) in [4.78, 5) is 18.6. The van der Waals surface area contributed by atoms with Crippen molar-refractivity contribution in [3.63, 3.8) is 0 Å². The Kier molecular flexibility index (Phi) is 3.58. The van der Waals surface area contributed by atoms with E-state index in [-0.39, 0.29) is 5.78 Å². The first-order valence-corrected chi connectivity index (χ1v) is 8.08. The largest absolute Gasteiger partial charge is 0.384 e. The second-order valence-electron chi connectivity index (χ2n) is 6.04. The number of nitrogens with zero attached hydrogens (tertiary/aromatic N) is 4. The number of benzene rings is 1. The molecule has 2 aliphatic rings. The molecule has 7 nitrogen and oxygen atoms in total. The number of nitriles is 1. The van der Waals surface area contributed by atoms with Gasteiger partial charge >= 0.3 is 0 Å². The van der Waals surface area contributed by atoms with E-state index in [0.29, 0.717) is 35.8 Å². The zero-order valence-electron chi connectivity index (χ0n) is 13.4. The molecule has 1 aliphatic heterocycles. The Bertz CT molecular complexity index is 920. The summed E-state index contributed by atoms with van der Waals surface area (Å²) in [6.45, 7) is 0. The van der Waals surface area contributed by atoms with Gasteiger partial charge in [0.15, 0.2) is 5.78 Å². The van der Waals surface area contributed by atoms with Gasteiger partial charge < -0.3 is 5.73 Å². The minimum atomic E-state index is -0.437. The van der Waals surface area contributed by atoms with E-state index in [0.717, 1.165) is 17.7 Å². The van der Waals surface area contributed by atoms with Crippen LogP contribution in [0.25, 0.3) is 0 Å². The smallest absolute Gasteiger partial charge is 0.231 e. The number of aromatic amines is 1. The second-order valence-corrected chi connectivity index (χ2v) is 6.04. The molecule has 2 aromatic rings. The first-order valence-electron chi connectivity index (χ1n) is 8.08. The molecule has 2 heterocycles. The quantitative estimate of drug-likeness (QED) is 0.871. The summed E-state index contributed by atoms with van der Waals surface area (Å²) < 4.78 is 0. The lowest BCUT2D eigenvalue weighted by Crippen LogP contribution is -2.39. The van der Waals surface area contributed by atoms with Crippen LogP contribution in [-0.2, 0) is 4.79 Å². The average molecular weight is 332 g/mol. The van der Waals surface area contributed by atoms with Crippen LogP contribution in [0.1, 0.15) is 30.7 Å². The van der Waals surface area contributed by atoms with Crippen LogP contribution in [0.2, 0.25) is 0 Å². The van der Waals surface area contributed by atoms with Gasteiger partial charge in [0.25, 0.3) is 0 Å². The number of nitrogens with one attached hydrogen (secondary N) is 1. The molecule has 0 bridgehead atoms. The molecule has 0 radical (unpaired) electrons. The van der Waals surface area contributed by atoms with Crippen molar-refractivity contribution in [1.82, 2.24) is 15.2 Å². The first kappa shape index (κ1) is 15.1. The Balaban J connectivity index is 1.98. The number of aromatic nitrogens is 3. The molecule has 3 N–H and O–H groups in total. The van der Waals surface area contributed by atoms with Gasteiger partial charge in [-0.05, 0) is 18.4 Å². The Hall–Kier alpha value is -3.40. The Morgan fingerprint density at radius 1 is 1.28 bits per heavy atom. The van der Waals surface area contributed by atoms with Gasteiger partial charge in [0, 0.05) is 17.7 Å². The van der Waals surface area contributed by atoms with E-state index in [4.69, 9.17) is 5.73 Å². The van der Waals surface area contributed by atoms with E-state index < -0.39 is 5.92 Å². The minimum Gasteiger partial charge on any atom is -0.384 e. The monoisotopic (exact) mass is 332 g/mol. The molecule has 0 fully saturated rings. The maximum atomic E-state index is 12.8. The number of carbonyl (C=O) groups excluding carboxylic acids is 1. The molecule has 7 heteroatoms. The number of Topliss-reactive ketones (excluding diaryl/α,β-unsaturated/α-hetero) is 1. The number of rotatable bonds is 2. The molecule has 25 heavy (non-hydrogen) atoms. The van der Waals surface area contributed by atoms with Gasteiger partial charge in [0.05, 0.1) is 17.6 Å². The molecular weight excluding hydrogens is 316 g/mol. The highest BCUT2D eigenvalue weighted by molar-refractivity contribution is 6.01. The SMILES string of the molecule is N#CC1=C(N)N(c2ncn[nH]2)C2=C(C(=O)CCC2)[C@@H]1c1ccccc1. The molecule has 1 aromatic carbocycles. The van der Waals surface area contributed by atoms with Crippen molar-refractivity contribution in [3.8, 4) is 6.07 Å². The lowest BCUT2D eigenvalue weighted by molar-refractivity contribution is -0.116. The Morgan fingerprint density at radius 3 is 2.76 bits per heavy atom. The van der Waals surface area contributed by atoms with Gasteiger partial charge in [0.2, 0.25) is 5.95 Å². The molecule has 0 unspecified atom stereocenters. The number of anilines is 1. The molecule has 1 atom stereocenters. The van der Waals surface area contributed by atoms with Crippen LogP contribution >= 0.6 is 0 Å². The fourth-order valence-electron chi connectivity index (χ4n) is 3.61. The summed E-state index contributed by atoms with van der Waals surface area (Å²) in [6.07, 6.45) is 3.30. The number of H-pyrrole nitrogens is 1. The van der Waals surface area contributed by atoms with Gasteiger partial charge in [-0.2, -0.15) is 15.3 Å². The Morgan fingerprint density at radius 2 is 2.08 bits per heavy atom. The standard InChI is InChI=1S/C18H16N6O/c19-9-12-15(11-5-2-1-3-6-11)16-13(7-4-8-14(16)25)24(17(12)20)18-21-10-22-23-18/h1-3,5-6,10,15H,4,7-8,20H2,(H,21,22,23)/t15-/m1/s1. The van der Waals surface area contributed by atoms with E-state index in [9.17, 15) is 10.1 Å². The van der Waals surface area contributed by atoms with E-state index in [1.807, 2.05) is 30.3 Å². The summed E-state index contributed by atoms with van der Waals surface area (Å²) in [7, 11) is 0. The summed E-state index contributed by atoms with van der Waals surface area (Å²) in [5.74, 6) is 0.327. The normalized spacial score (nSPS) is 20.5. The van der Waals surface area contributed by atoms with Gasteiger partial charge in [0.1, 0.15) is 12.1 Å². The van der Waals surface area contributed by atoms with Gasteiger partial charge in [-0.15, -0.1) is 0 Å². The number of carbonyl (C=O) groups is 1. The van der Waals surface area contributed by atoms with Crippen molar-refractivity contribution < 1.29 is 4.79 Å². The molecule has 0 spiro atoms. The highest BCUT2D eigenvalue weighted by Crippen LogP contribution is 2.45. The highest BCUT2D eigenvalue weighted by atomic mass is 16.1. The molecular formula is C18H16N6O. The topological polar surface area (TPSA) is 112 Å². The predicted octanol–water partition coefficient (Wildman–Crippen LogP) is 2.11. The van der Waals surface area contributed by atoms with Gasteiger partial charge in [-0.25, -0.2) is 5.10 Å². The minimum absolute atomic E-state index is 0.0554. The van der Waals surface area contributed by atoms with Crippen LogP contribution in [0, 0.1) is 11.3 Å². The number of allylic oxidation sites excluding steroid dienone is 3. The van der Waals surface area contributed by atoms with Crippen molar-refractivity contribution in [2.24, 2.45) is 5.73 Å². The maximum absolute atomic E-state index is 12.8. The van der Waals surface area contributed by atoms with Crippen LogP contribution in [0.3, 0.4) is 0 Å². The molecule has 124 valence electrons. The lowest BCUT2D eigenvalue weighted by atomic mass is 9.76. The molecule has 0 amide bonds. The highest BCUT2D eigenvalue weighted by Gasteiger charge is 2.40. The Labute approximate surface area is 144 Å². The number of ketones is 1. The van der Waals surface area contributed by atoms with Crippen molar-refractivity contribution in [1.29, 1.82) is 5.26 Å². The van der Waals surface area contributed by atoms with Crippen LogP contribution in [0.4, 0.5) is 5.95 Å². The maximum Gasteiger partial charge on any atom is 0.231 e. The lowest BCUT2D eigenvalue weighted by Gasteiger charge is -2.38. The summed E-state index contributed by atoms with van der Waals surface area (Å²) in [6, 6.07) is 11.8. The summed E-state index contributed by atoms with van der Waals surface area (Å²) in [5, 5.41) is 16.4. The van der Waals surface area contributed by atoms with Crippen molar-refractivity contribution in [2.45, 2.75) is 25.2 Å². The van der Waals surface area contributed by atoms with E-state index in [1.54, 1.807) is 4.90 Å². The van der Waals surface area contributed by atoms with Crippen LogP contribution < -0.4 is 10.6 Å². The molecule has 1 aliphatic carbocycles. The van der Waals surface area contributed by atoms with Crippen molar-refractivity contribution in [2.75, 3.05) is 4.90 Å².